The quantitative estimate of drug-likeness (QED) is 0.831. The number of carbonyl (C=O) groups is 1. The second kappa shape index (κ2) is 6.35. The van der Waals surface area contributed by atoms with E-state index in [0.29, 0.717) is 11.8 Å². The Bertz CT molecular complexity index is 634. The van der Waals surface area contributed by atoms with E-state index in [4.69, 9.17) is 0 Å². The van der Waals surface area contributed by atoms with E-state index in [1.807, 2.05) is 30.6 Å². The maximum Gasteiger partial charge on any atom is 0.234 e. The third kappa shape index (κ3) is 3.67. The first-order valence-electron chi connectivity index (χ1n) is 7.30. The first kappa shape index (κ1) is 14.2. The Hall–Kier alpha value is -1.75. The molecule has 1 aromatic carbocycles. The zero-order valence-corrected chi connectivity index (χ0v) is 12.9. The first-order valence-corrected chi connectivity index (χ1v) is 8.29. The van der Waals surface area contributed by atoms with Crippen LogP contribution in [0.1, 0.15) is 31.4 Å². The Morgan fingerprint density at radius 1 is 1.48 bits per heavy atom. The van der Waals surface area contributed by atoms with Crippen LogP contribution >= 0.6 is 11.8 Å². The second-order valence-electron chi connectivity index (χ2n) is 5.24. The van der Waals surface area contributed by atoms with Gasteiger partial charge < -0.3 is 9.88 Å². The zero-order valence-electron chi connectivity index (χ0n) is 12.1. The summed E-state index contributed by atoms with van der Waals surface area (Å²) >= 11 is 1.50. The smallest absolute Gasteiger partial charge is 0.234 e. The summed E-state index contributed by atoms with van der Waals surface area (Å²) in [5, 5.41) is 3.89. The van der Waals surface area contributed by atoms with Gasteiger partial charge in [0.1, 0.15) is 0 Å². The van der Waals surface area contributed by atoms with Gasteiger partial charge in [-0.15, -0.1) is 0 Å². The van der Waals surface area contributed by atoms with Crippen LogP contribution in [0.3, 0.4) is 0 Å². The molecule has 1 fully saturated rings. The number of hydrogen-bond acceptors (Lipinski definition) is 3. The van der Waals surface area contributed by atoms with Crippen LogP contribution in [0.2, 0.25) is 0 Å². The van der Waals surface area contributed by atoms with Gasteiger partial charge in [-0.05, 0) is 37.0 Å². The van der Waals surface area contributed by atoms with E-state index in [1.165, 1.54) is 30.2 Å². The molecule has 0 saturated heterocycles. The molecule has 0 unspecified atom stereocenters. The maximum absolute atomic E-state index is 12.0. The van der Waals surface area contributed by atoms with Crippen LogP contribution in [0.5, 0.6) is 0 Å². The monoisotopic (exact) mass is 301 g/mol. The van der Waals surface area contributed by atoms with Crippen LogP contribution in [0.25, 0.3) is 0 Å². The Balaban J connectivity index is 1.55. The van der Waals surface area contributed by atoms with Crippen molar-refractivity contribution in [2.45, 2.75) is 37.4 Å². The molecule has 0 aliphatic heterocycles. The number of anilines is 1. The number of benzene rings is 1. The maximum atomic E-state index is 12.0. The van der Waals surface area contributed by atoms with E-state index < -0.39 is 0 Å². The van der Waals surface area contributed by atoms with Crippen molar-refractivity contribution in [3.8, 4) is 0 Å². The van der Waals surface area contributed by atoms with Gasteiger partial charge >= 0.3 is 0 Å². The zero-order chi connectivity index (χ0) is 14.7. The minimum Gasteiger partial charge on any atom is -0.325 e. The molecule has 110 valence electrons. The molecule has 3 rings (SSSR count). The fourth-order valence-electron chi connectivity index (χ4n) is 2.24. The van der Waals surface area contributed by atoms with Crippen molar-refractivity contribution in [3.63, 3.8) is 0 Å². The highest BCUT2D eigenvalue weighted by Gasteiger charge is 2.25. The fraction of sp³-hybridized carbons (Fsp3) is 0.375. The lowest BCUT2D eigenvalue weighted by Crippen LogP contribution is -2.14. The molecule has 21 heavy (non-hydrogen) atoms. The van der Waals surface area contributed by atoms with Crippen LogP contribution in [0, 0.1) is 0 Å². The molecule has 0 atom stereocenters. The van der Waals surface area contributed by atoms with Crippen molar-refractivity contribution >= 4 is 23.4 Å². The minimum absolute atomic E-state index is 0.0126. The number of nitrogens with zero attached hydrogens (tertiary/aromatic N) is 2. The van der Waals surface area contributed by atoms with Crippen molar-refractivity contribution in [3.05, 3.63) is 42.2 Å². The normalized spacial score (nSPS) is 14.1. The predicted octanol–water partition coefficient (Wildman–Crippen LogP) is 3.51. The Morgan fingerprint density at radius 3 is 3.10 bits per heavy atom. The predicted molar refractivity (Wildman–Crippen MR) is 85.7 cm³/mol. The van der Waals surface area contributed by atoms with Gasteiger partial charge in [-0.25, -0.2) is 4.98 Å². The van der Waals surface area contributed by atoms with Gasteiger partial charge in [-0.1, -0.05) is 30.8 Å². The summed E-state index contributed by atoms with van der Waals surface area (Å²) in [5.41, 5.74) is 2.09. The van der Waals surface area contributed by atoms with E-state index in [1.54, 1.807) is 0 Å². The molecule has 0 bridgehead atoms. The molecule has 1 aliphatic rings. The van der Waals surface area contributed by atoms with Gasteiger partial charge in [0, 0.05) is 24.1 Å². The number of imidazole rings is 1. The lowest BCUT2D eigenvalue weighted by molar-refractivity contribution is -0.113. The highest BCUT2D eigenvalue weighted by molar-refractivity contribution is 7.99. The van der Waals surface area contributed by atoms with Crippen molar-refractivity contribution in [1.29, 1.82) is 0 Å². The molecule has 1 amide bonds. The second-order valence-corrected chi connectivity index (χ2v) is 6.18. The Morgan fingerprint density at radius 2 is 2.33 bits per heavy atom. The summed E-state index contributed by atoms with van der Waals surface area (Å²) in [7, 11) is 0. The molecule has 2 aromatic rings. The SMILES string of the molecule is CCc1cccc(NC(=O)CSc2nccn2C2CC2)c1. The summed E-state index contributed by atoms with van der Waals surface area (Å²) in [6.45, 7) is 2.11. The summed E-state index contributed by atoms with van der Waals surface area (Å²) < 4.78 is 2.18. The topological polar surface area (TPSA) is 46.9 Å². The minimum atomic E-state index is 0.0126. The van der Waals surface area contributed by atoms with Crippen molar-refractivity contribution in [2.75, 3.05) is 11.1 Å². The van der Waals surface area contributed by atoms with Crippen molar-refractivity contribution in [2.24, 2.45) is 0 Å². The van der Waals surface area contributed by atoms with E-state index in [2.05, 4.69) is 27.9 Å². The van der Waals surface area contributed by atoms with E-state index >= 15 is 0 Å². The van der Waals surface area contributed by atoms with Gasteiger partial charge in [0.05, 0.1) is 5.75 Å². The number of hydrogen-bond donors (Lipinski definition) is 1. The summed E-state index contributed by atoms with van der Waals surface area (Å²) in [5.74, 6) is 0.402. The molecule has 0 spiro atoms. The van der Waals surface area contributed by atoms with Gasteiger partial charge in [0.2, 0.25) is 5.91 Å². The van der Waals surface area contributed by atoms with E-state index in [9.17, 15) is 4.79 Å². The highest BCUT2D eigenvalue weighted by Crippen LogP contribution is 2.37. The summed E-state index contributed by atoms with van der Waals surface area (Å²) in [4.78, 5) is 16.4. The number of rotatable bonds is 6. The molecule has 1 aliphatic carbocycles. The summed E-state index contributed by atoms with van der Waals surface area (Å²) in [6.07, 6.45) is 7.23. The molecule has 1 aromatic heterocycles. The first-order chi connectivity index (χ1) is 10.3. The highest BCUT2D eigenvalue weighted by atomic mass is 32.2. The van der Waals surface area contributed by atoms with Crippen LogP contribution in [-0.2, 0) is 11.2 Å². The number of nitrogens with one attached hydrogen (secondary N) is 1. The molecule has 5 heteroatoms. The molecule has 1 N–H and O–H groups in total. The molecule has 1 heterocycles. The number of thioether (sulfide) groups is 1. The van der Waals surface area contributed by atoms with Crippen molar-refractivity contribution in [1.82, 2.24) is 9.55 Å². The van der Waals surface area contributed by atoms with Crippen LogP contribution < -0.4 is 5.32 Å². The van der Waals surface area contributed by atoms with E-state index in [0.717, 1.165) is 17.3 Å². The third-order valence-corrected chi connectivity index (χ3v) is 4.51. The number of aryl methyl sites for hydroxylation is 1. The lowest BCUT2D eigenvalue weighted by atomic mass is 10.1. The average Bonchev–Trinajstić information content (AvgIpc) is 3.24. The van der Waals surface area contributed by atoms with Gasteiger partial charge in [-0.3, -0.25) is 4.79 Å². The number of aromatic nitrogens is 2. The van der Waals surface area contributed by atoms with Crippen molar-refractivity contribution < 1.29 is 4.79 Å². The Kier molecular flexibility index (Phi) is 4.29. The molecular weight excluding hydrogens is 282 g/mol. The molecule has 0 radical (unpaired) electrons. The van der Waals surface area contributed by atoms with Gasteiger partial charge in [0.15, 0.2) is 5.16 Å². The number of amides is 1. The Labute approximate surface area is 129 Å². The van der Waals surface area contributed by atoms with E-state index in [-0.39, 0.29) is 5.91 Å². The van der Waals surface area contributed by atoms with Crippen LogP contribution in [0.15, 0.2) is 41.8 Å². The molecule has 4 nitrogen and oxygen atoms in total. The molecule has 1 saturated carbocycles. The third-order valence-electron chi connectivity index (χ3n) is 3.52. The standard InChI is InChI=1S/C16H19N3OS/c1-2-12-4-3-5-13(10-12)18-15(20)11-21-16-17-8-9-19(16)14-6-7-14/h3-5,8-10,14H,2,6-7,11H2,1H3,(H,18,20). The average molecular weight is 301 g/mol. The number of carbonyl (C=O) groups excluding carboxylic acids is 1. The lowest BCUT2D eigenvalue weighted by Gasteiger charge is -2.07. The molecular formula is C16H19N3OS. The van der Waals surface area contributed by atoms with Gasteiger partial charge in [0.25, 0.3) is 0 Å². The summed E-state index contributed by atoms with van der Waals surface area (Å²) in [6, 6.07) is 8.58. The van der Waals surface area contributed by atoms with Gasteiger partial charge in [-0.2, -0.15) is 0 Å². The largest absolute Gasteiger partial charge is 0.325 e. The fourth-order valence-corrected chi connectivity index (χ4v) is 3.06. The van der Waals surface area contributed by atoms with Crippen LogP contribution in [0.4, 0.5) is 5.69 Å². The van der Waals surface area contributed by atoms with Crippen LogP contribution in [-0.4, -0.2) is 21.2 Å².